The Morgan fingerprint density at radius 3 is 2.81 bits per heavy atom. The van der Waals surface area contributed by atoms with Gasteiger partial charge in [0.25, 0.3) is 0 Å². The van der Waals surface area contributed by atoms with E-state index in [2.05, 4.69) is 34.3 Å². The fourth-order valence-corrected chi connectivity index (χ4v) is 4.17. The second-order valence-corrected chi connectivity index (χ2v) is 7.01. The van der Waals surface area contributed by atoms with E-state index in [1.54, 1.807) is 0 Å². The largest absolute Gasteiger partial charge is 0.354 e. The number of nitrogens with zero attached hydrogens (tertiary/aromatic N) is 2. The van der Waals surface area contributed by atoms with Crippen LogP contribution in [-0.4, -0.2) is 61.0 Å². The molecule has 0 aromatic heterocycles. The van der Waals surface area contributed by atoms with Crippen molar-refractivity contribution in [3.05, 3.63) is 12.2 Å². The quantitative estimate of drug-likeness (QED) is 0.786. The summed E-state index contributed by atoms with van der Waals surface area (Å²) in [5.74, 6) is 1.09. The lowest BCUT2D eigenvalue weighted by Gasteiger charge is -2.45. The minimum atomic E-state index is -0.237. The lowest BCUT2D eigenvalue weighted by atomic mass is 9.84. The summed E-state index contributed by atoms with van der Waals surface area (Å²) in [4.78, 5) is 17.4. The third kappa shape index (κ3) is 3.16. The summed E-state index contributed by atoms with van der Waals surface area (Å²) >= 11 is 0. The number of likely N-dealkylation sites (tertiary alicyclic amines) is 1. The molecule has 2 fully saturated rings. The third-order valence-electron chi connectivity index (χ3n) is 5.69. The molecule has 21 heavy (non-hydrogen) atoms. The maximum absolute atomic E-state index is 12.5. The number of hydrogen-bond acceptors (Lipinski definition) is 3. The van der Waals surface area contributed by atoms with Gasteiger partial charge in [0.15, 0.2) is 0 Å². The number of amides is 1. The first-order valence-electron chi connectivity index (χ1n) is 8.58. The SMILES string of the molecule is CN1CCCNC(=O)C12CCN(C[C@@H]1CC=CCC1)CC2. The van der Waals surface area contributed by atoms with Crippen molar-refractivity contribution in [2.24, 2.45) is 5.92 Å². The molecule has 0 radical (unpaired) electrons. The van der Waals surface area contributed by atoms with Crippen molar-refractivity contribution in [1.82, 2.24) is 15.1 Å². The van der Waals surface area contributed by atoms with Crippen LogP contribution in [0.4, 0.5) is 0 Å². The first-order chi connectivity index (χ1) is 10.2. The molecule has 0 bridgehead atoms. The third-order valence-corrected chi connectivity index (χ3v) is 5.69. The molecule has 3 aliphatic rings. The minimum Gasteiger partial charge on any atom is -0.354 e. The highest BCUT2D eigenvalue weighted by atomic mass is 16.2. The number of allylic oxidation sites excluding steroid dienone is 2. The molecule has 1 atom stereocenters. The van der Waals surface area contributed by atoms with Crippen LogP contribution in [0.3, 0.4) is 0 Å². The topological polar surface area (TPSA) is 35.6 Å². The van der Waals surface area contributed by atoms with Gasteiger partial charge in [0.05, 0.1) is 0 Å². The number of nitrogens with one attached hydrogen (secondary N) is 1. The zero-order valence-corrected chi connectivity index (χ0v) is 13.3. The van der Waals surface area contributed by atoms with E-state index in [-0.39, 0.29) is 11.4 Å². The van der Waals surface area contributed by atoms with Gasteiger partial charge >= 0.3 is 0 Å². The molecule has 4 heteroatoms. The second kappa shape index (κ2) is 6.49. The highest BCUT2D eigenvalue weighted by Crippen LogP contribution is 2.31. The van der Waals surface area contributed by atoms with E-state index in [9.17, 15) is 4.79 Å². The van der Waals surface area contributed by atoms with Crippen LogP contribution in [0, 0.1) is 5.92 Å². The molecule has 2 saturated heterocycles. The molecule has 0 aromatic rings. The first-order valence-corrected chi connectivity index (χ1v) is 8.58. The average molecular weight is 291 g/mol. The van der Waals surface area contributed by atoms with Gasteiger partial charge in [-0.1, -0.05) is 12.2 Å². The number of piperidine rings is 1. The molecule has 1 N–H and O–H groups in total. The number of hydrogen-bond donors (Lipinski definition) is 1. The maximum atomic E-state index is 12.5. The van der Waals surface area contributed by atoms with Crippen LogP contribution < -0.4 is 5.32 Å². The maximum Gasteiger partial charge on any atom is 0.240 e. The average Bonchev–Trinajstić information content (AvgIpc) is 2.65. The first kappa shape index (κ1) is 15.0. The van der Waals surface area contributed by atoms with E-state index < -0.39 is 0 Å². The van der Waals surface area contributed by atoms with Crippen LogP contribution >= 0.6 is 0 Å². The predicted octanol–water partition coefficient (Wildman–Crippen LogP) is 1.63. The summed E-state index contributed by atoms with van der Waals surface area (Å²) in [7, 11) is 2.13. The van der Waals surface area contributed by atoms with Crippen molar-refractivity contribution in [2.75, 3.05) is 39.8 Å². The Hall–Kier alpha value is -0.870. The summed E-state index contributed by atoms with van der Waals surface area (Å²) in [6.45, 7) is 5.22. The number of likely N-dealkylation sites (N-methyl/N-ethyl adjacent to an activating group) is 1. The number of rotatable bonds is 2. The van der Waals surface area contributed by atoms with Crippen LogP contribution in [0.2, 0.25) is 0 Å². The van der Waals surface area contributed by atoms with Crippen molar-refractivity contribution in [3.63, 3.8) is 0 Å². The monoisotopic (exact) mass is 291 g/mol. The zero-order valence-electron chi connectivity index (χ0n) is 13.3. The van der Waals surface area contributed by atoms with Gasteiger partial charge in [-0.3, -0.25) is 9.69 Å². The van der Waals surface area contributed by atoms with Crippen molar-refractivity contribution >= 4 is 5.91 Å². The van der Waals surface area contributed by atoms with E-state index in [1.807, 2.05) is 0 Å². The fraction of sp³-hybridized carbons (Fsp3) is 0.824. The van der Waals surface area contributed by atoms with Gasteiger partial charge in [-0.05, 0) is 51.5 Å². The lowest BCUT2D eigenvalue weighted by molar-refractivity contribution is -0.134. The molecular weight excluding hydrogens is 262 g/mol. The Morgan fingerprint density at radius 1 is 1.29 bits per heavy atom. The van der Waals surface area contributed by atoms with Crippen molar-refractivity contribution in [2.45, 2.75) is 44.1 Å². The van der Waals surface area contributed by atoms with Crippen LogP contribution in [-0.2, 0) is 4.79 Å². The fourth-order valence-electron chi connectivity index (χ4n) is 4.17. The van der Waals surface area contributed by atoms with Gasteiger partial charge in [0.1, 0.15) is 5.54 Å². The molecule has 0 aromatic carbocycles. The van der Waals surface area contributed by atoms with Gasteiger partial charge in [0, 0.05) is 32.7 Å². The van der Waals surface area contributed by atoms with Gasteiger partial charge in [-0.25, -0.2) is 0 Å². The minimum absolute atomic E-state index is 0.237. The Bertz CT molecular complexity index is 399. The van der Waals surface area contributed by atoms with E-state index in [0.29, 0.717) is 0 Å². The van der Waals surface area contributed by atoms with Crippen LogP contribution in [0.5, 0.6) is 0 Å². The summed E-state index contributed by atoms with van der Waals surface area (Å²) in [5, 5.41) is 3.12. The molecule has 118 valence electrons. The Morgan fingerprint density at radius 2 is 2.10 bits per heavy atom. The Balaban J connectivity index is 1.58. The van der Waals surface area contributed by atoms with Crippen LogP contribution in [0.25, 0.3) is 0 Å². The predicted molar refractivity (Wildman–Crippen MR) is 85.1 cm³/mol. The standard InChI is InChI=1S/C17H29N3O/c1-19-11-5-10-18-16(21)17(19)8-12-20(13-9-17)14-15-6-3-2-4-7-15/h2-3,15H,4-14H2,1H3,(H,18,21)/t15-/m1/s1. The second-order valence-electron chi connectivity index (χ2n) is 7.01. The van der Waals surface area contributed by atoms with Crippen LogP contribution in [0.15, 0.2) is 12.2 Å². The lowest BCUT2D eigenvalue weighted by Crippen LogP contribution is -2.61. The highest BCUT2D eigenvalue weighted by molar-refractivity contribution is 5.86. The van der Waals surface area contributed by atoms with E-state index in [0.717, 1.165) is 51.4 Å². The molecule has 2 aliphatic heterocycles. The Labute approximate surface area is 128 Å². The zero-order chi connectivity index (χ0) is 14.7. The molecule has 0 unspecified atom stereocenters. The molecule has 0 saturated carbocycles. The highest BCUT2D eigenvalue weighted by Gasteiger charge is 2.45. The van der Waals surface area contributed by atoms with Gasteiger partial charge < -0.3 is 10.2 Å². The Kier molecular flexibility index (Phi) is 4.65. The molecule has 1 amide bonds. The molecule has 2 heterocycles. The molecule has 1 aliphatic carbocycles. The smallest absolute Gasteiger partial charge is 0.240 e. The molecule has 4 nitrogen and oxygen atoms in total. The van der Waals surface area contributed by atoms with E-state index >= 15 is 0 Å². The summed E-state index contributed by atoms with van der Waals surface area (Å²) < 4.78 is 0. The number of carbonyl (C=O) groups excluding carboxylic acids is 1. The molecular formula is C17H29N3O. The molecule has 3 rings (SSSR count). The van der Waals surface area contributed by atoms with E-state index in [4.69, 9.17) is 0 Å². The van der Waals surface area contributed by atoms with E-state index in [1.165, 1.54) is 25.8 Å². The van der Waals surface area contributed by atoms with Crippen molar-refractivity contribution < 1.29 is 4.79 Å². The van der Waals surface area contributed by atoms with Crippen molar-refractivity contribution in [1.29, 1.82) is 0 Å². The number of carbonyl (C=O) groups is 1. The molecule has 1 spiro atoms. The summed E-state index contributed by atoms with van der Waals surface area (Å²) in [6.07, 6.45) is 11.5. The summed E-state index contributed by atoms with van der Waals surface area (Å²) in [5.41, 5.74) is -0.237. The summed E-state index contributed by atoms with van der Waals surface area (Å²) in [6, 6.07) is 0. The van der Waals surface area contributed by atoms with Gasteiger partial charge in [-0.2, -0.15) is 0 Å². The van der Waals surface area contributed by atoms with Crippen LogP contribution in [0.1, 0.15) is 38.5 Å². The van der Waals surface area contributed by atoms with Crippen molar-refractivity contribution in [3.8, 4) is 0 Å². The van der Waals surface area contributed by atoms with Gasteiger partial charge in [-0.15, -0.1) is 0 Å². The van der Waals surface area contributed by atoms with Gasteiger partial charge in [0.2, 0.25) is 5.91 Å². The normalized spacial score (nSPS) is 31.1.